The molecular formula is C17H32N2O2. The number of carbonyl (C=O) groups excluding carboxylic acids is 1. The lowest BCUT2D eigenvalue weighted by molar-refractivity contribution is -0.137. The Kier molecular flexibility index (Phi) is 6.97. The fourth-order valence-electron chi connectivity index (χ4n) is 3.61. The Morgan fingerprint density at radius 1 is 1.05 bits per heavy atom. The lowest BCUT2D eigenvalue weighted by Gasteiger charge is -2.31. The number of carbonyl (C=O) groups is 1. The summed E-state index contributed by atoms with van der Waals surface area (Å²) in [5, 5.41) is 6.66. The first kappa shape index (κ1) is 16.8. The van der Waals surface area contributed by atoms with E-state index < -0.39 is 0 Å². The lowest BCUT2D eigenvalue weighted by atomic mass is 9.93. The van der Waals surface area contributed by atoms with Crippen LogP contribution in [-0.4, -0.2) is 36.7 Å². The van der Waals surface area contributed by atoms with Crippen molar-refractivity contribution in [3.8, 4) is 0 Å². The quantitative estimate of drug-likeness (QED) is 0.792. The van der Waals surface area contributed by atoms with Crippen LogP contribution in [0.4, 0.5) is 0 Å². The summed E-state index contributed by atoms with van der Waals surface area (Å²) in [6, 6.07) is 1.02. The molecule has 0 radical (unpaired) electrons. The second kappa shape index (κ2) is 8.74. The van der Waals surface area contributed by atoms with Crippen LogP contribution in [0.25, 0.3) is 0 Å². The molecule has 2 aliphatic carbocycles. The largest absolute Gasteiger partial charge is 0.365 e. The number of rotatable bonds is 6. The Hall–Kier alpha value is -0.610. The van der Waals surface area contributed by atoms with Gasteiger partial charge < -0.3 is 15.4 Å². The maximum atomic E-state index is 12.2. The molecule has 0 saturated heterocycles. The molecular weight excluding hydrogens is 264 g/mol. The first-order valence-corrected chi connectivity index (χ1v) is 8.88. The summed E-state index contributed by atoms with van der Waals surface area (Å²) in [6.45, 7) is 5.09. The highest BCUT2D eigenvalue weighted by Gasteiger charge is 2.26. The van der Waals surface area contributed by atoms with E-state index in [1.54, 1.807) is 0 Å². The molecule has 2 fully saturated rings. The smallest absolute Gasteiger partial charge is 0.249 e. The SMILES string of the molecule is CCNC1CCC(OC(C)C(=O)NC2CCCCC2)CC1. The molecule has 0 aromatic heterocycles. The minimum Gasteiger partial charge on any atom is -0.365 e. The third-order valence-electron chi connectivity index (χ3n) is 4.88. The molecule has 0 bridgehead atoms. The van der Waals surface area contributed by atoms with Crippen molar-refractivity contribution >= 4 is 5.91 Å². The van der Waals surface area contributed by atoms with Gasteiger partial charge in [-0.1, -0.05) is 26.2 Å². The first-order chi connectivity index (χ1) is 10.2. The molecule has 0 aromatic rings. The summed E-state index contributed by atoms with van der Waals surface area (Å²) in [5.74, 6) is 0.0794. The molecule has 2 rings (SSSR count). The van der Waals surface area contributed by atoms with Crippen molar-refractivity contribution in [2.75, 3.05) is 6.54 Å². The average molecular weight is 296 g/mol. The Morgan fingerprint density at radius 3 is 2.33 bits per heavy atom. The fraction of sp³-hybridized carbons (Fsp3) is 0.941. The molecule has 21 heavy (non-hydrogen) atoms. The van der Waals surface area contributed by atoms with Crippen molar-refractivity contribution in [2.45, 2.75) is 95.9 Å². The number of hydrogen-bond acceptors (Lipinski definition) is 3. The lowest BCUT2D eigenvalue weighted by Crippen LogP contribution is -2.44. The minimum atomic E-state index is -0.312. The highest BCUT2D eigenvalue weighted by atomic mass is 16.5. The molecule has 0 aromatic carbocycles. The van der Waals surface area contributed by atoms with Crippen LogP contribution in [0, 0.1) is 0 Å². The molecule has 122 valence electrons. The van der Waals surface area contributed by atoms with Gasteiger partial charge in [0.25, 0.3) is 0 Å². The second-order valence-electron chi connectivity index (χ2n) is 6.65. The Bertz CT molecular complexity index is 308. The number of hydrogen-bond donors (Lipinski definition) is 2. The standard InChI is InChI=1S/C17H32N2O2/c1-3-18-14-9-11-16(12-10-14)21-13(2)17(20)19-15-7-5-4-6-8-15/h13-16,18H,3-12H2,1-2H3,(H,19,20). The molecule has 0 aliphatic heterocycles. The second-order valence-corrected chi connectivity index (χ2v) is 6.65. The summed E-state index contributed by atoms with van der Waals surface area (Å²) in [4.78, 5) is 12.2. The van der Waals surface area contributed by atoms with E-state index in [1.807, 2.05) is 6.92 Å². The van der Waals surface area contributed by atoms with Crippen molar-refractivity contribution in [1.29, 1.82) is 0 Å². The summed E-state index contributed by atoms with van der Waals surface area (Å²) in [7, 11) is 0. The van der Waals surface area contributed by atoms with E-state index in [1.165, 1.54) is 19.3 Å². The van der Waals surface area contributed by atoms with Crippen LogP contribution < -0.4 is 10.6 Å². The topological polar surface area (TPSA) is 50.4 Å². The zero-order valence-electron chi connectivity index (χ0n) is 13.7. The molecule has 4 heteroatoms. The zero-order valence-corrected chi connectivity index (χ0v) is 13.7. The van der Waals surface area contributed by atoms with E-state index in [4.69, 9.17) is 4.74 Å². The van der Waals surface area contributed by atoms with E-state index in [9.17, 15) is 4.79 Å². The zero-order chi connectivity index (χ0) is 15.1. The summed E-state index contributed by atoms with van der Waals surface area (Å²) in [6.07, 6.45) is 10.5. The molecule has 2 saturated carbocycles. The van der Waals surface area contributed by atoms with Crippen molar-refractivity contribution in [1.82, 2.24) is 10.6 Å². The van der Waals surface area contributed by atoms with Crippen LogP contribution >= 0.6 is 0 Å². The Labute approximate surface area is 129 Å². The van der Waals surface area contributed by atoms with Gasteiger partial charge >= 0.3 is 0 Å². The van der Waals surface area contributed by atoms with Gasteiger partial charge in [0.05, 0.1) is 6.10 Å². The Morgan fingerprint density at radius 2 is 1.71 bits per heavy atom. The average Bonchev–Trinajstić information content (AvgIpc) is 2.50. The van der Waals surface area contributed by atoms with Gasteiger partial charge in [-0.3, -0.25) is 4.79 Å². The number of amides is 1. The van der Waals surface area contributed by atoms with E-state index in [-0.39, 0.29) is 18.1 Å². The normalized spacial score (nSPS) is 29.0. The molecule has 2 aliphatic rings. The van der Waals surface area contributed by atoms with Crippen LogP contribution in [0.2, 0.25) is 0 Å². The number of nitrogens with one attached hydrogen (secondary N) is 2. The minimum absolute atomic E-state index is 0.0794. The van der Waals surface area contributed by atoms with Gasteiger partial charge in [-0.05, 0) is 52.0 Å². The first-order valence-electron chi connectivity index (χ1n) is 8.88. The molecule has 1 atom stereocenters. The van der Waals surface area contributed by atoms with Gasteiger partial charge in [0.2, 0.25) is 5.91 Å². The van der Waals surface area contributed by atoms with E-state index >= 15 is 0 Å². The van der Waals surface area contributed by atoms with Crippen LogP contribution in [0.5, 0.6) is 0 Å². The monoisotopic (exact) mass is 296 g/mol. The molecule has 1 amide bonds. The van der Waals surface area contributed by atoms with Gasteiger partial charge in [0.15, 0.2) is 0 Å². The van der Waals surface area contributed by atoms with Gasteiger partial charge in [-0.2, -0.15) is 0 Å². The van der Waals surface area contributed by atoms with E-state index in [2.05, 4.69) is 17.6 Å². The van der Waals surface area contributed by atoms with Gasteiger partial charge in [0, 0.05) is 12.1 Å². The van der Waals surface area contributed by atoms with E-state index in [0.29, 0.717) is 12.1 Å². The summed E-state index contributed by atoms with van der Waals surface area (Å²) < 4.78 is 5.98. The molecule has 4 nitrogen and oxygen atoms in total. The Balaban J connectivity index is 1.66. The van der Waals surface area contributed by atoms with Gasteiger partial charge in [-0.15, -0.1) is 0 Å². The van der Waals surface area contributed by atoms with Crippen molar-refractivity contribution in [2.24, 2.45) is 0 Å². The molecule has 1 unspecified atom stereocenters. The van der Waals surface area contributed by atoms with Crippen LogP contribution in [0.15, 0.2) is 0 Å². The summed E-state index contributed by atoms with van der Waals surface area (Å²) in [5.41, 5.74) is 0. The molecule has 0 heterocycles. The van der Waals surface area contributed by atoms with E-state index in [0.717, 1.165) is 45.1 Å². The molecule has 0 spiro atoms. The van der Waals surface area contributed by atoms with Crippen LogP contribution in [0.1, 0.15) is 71.6 Å². The predicted octanol–water partition coefficient (Wildman–Crippen LogP) is 2.76. The third-order valence-corrected chi connectivity index (χ3v) is 4.88. The highest BCUT2D eigenvalue weighted by molar-refractivity contribution is 5.80. The maximum absolute atomic E-state index is 12.2. The highest BCUT2D eigenvalue weighted by Crippen LogP contribution is 2.23. The van der Waals surface area contributed by atoms with Gasteiger partial charge in [0.1, 0.15) is 6.10 Å². The van der Waals surface area contributed by atoms with Crippen molar-refractivity contribution < 1.29 is 9.53 Å². The number of ether oxygens (including phenoxy) is 1. The maximum Gasteiger partial charge on any atom is 0.249 e. The van der Waals surface area contributed by atoms with Gasteiger partial charge in [-0.25, -0.2) is 0 Å². The van der Waals surface area contributed by atoms with Crippen LogP contribution in [0.3, 0.4) is 0 Å². The summed E-state index contributed by atoms with van der Waals surface area (Å²) >= 11 is 0. The molecule has 2 N–H and O–H groups in total. The van der Waals surface area contributed by atoms with Crippen LogP contribution in [-0.2, 0) is 9.53 Å². The fourth-order valence-corrected chi connectivity index (χ4v) is 3.61. The third kappa shape index (κ3) is 5.59. The van der Waals surface area contributed by atoms with Crippen molar-refractivity contribution in [3.63, 3.8) is 0 Å². The van der Waals surface area contributed by atoms with Crippen molar-refractivity contribution in [3.05, 3.63) is 0 Å². The predicted molar refractivity (Wildman–Crippen MR) is 85.3 cm³/mol.